The molecule has 0 aliphatic heterocycles. The summed E-state index contributed by atoms with van der Waals surface area (Å²) in [7, 11) is 0. The van der Waals surface area contributed by atoms with Crippen LogP contribution >= 0.6 is 15.9 Å². The van der Waals surface area contributed by atoms with Crippen molar-refractivity contribution >= 4 is 27.3 Å². The van der Waals surface area contributed by atoms with Gasteiger partial charge in [0.25, 0.3) is 0 Å². The van der Waals surface area contributed by atoms with Crippen LogP contribution in [0.1, 0.15) is 30.9 Å². The first-order valence-electron chi connectivity index (χ1n) is 5.77. The van der Waals surface area contributed by atoms with Crippen molar-refractivity contribution in [3.8, 4) is 5.75 Å². The largest absolute Gasteiger partial charge is 0.508 e. The van der Waals surface area contributed by atoms with Gasteiger partial charge in [-0.3, -0.25) is 4.79 Å². The number of aromatic hydroxyl groups is 1. The molecule has 0 aromatic heterocycles. The number of carbonyl (C=O) groups is 1. The van der Waals surface area contributed by atoms with E-state index in [4.69, 9.17) is 0 Å². The molecule has 0 saturated carbocycles. The molecule has 1 unspecified atom stereocenters. The molecule has 2 aliphatic rings. The van der Waals surface area contributed by atoms with Crippen molar-refractivity contribution in [2.24, 2.45) is 5.41 Å². The average molecular weight is 293 g/mol. The van der Waals surface area contributed by atoms with E-state index in [-0.39, 0.29) is 11.2 Å². The van der Waals surface area contributed by atoms with E-state index in [1.165, 1.54) is 0 Å². The lowest BCUT2D eigenvalue weighted by atomic mass is 9.70. The number of phenolic OH excluding ortho intramolecular Hbond substituents is 1. The topological polar surface area (TPSA) is 37.3 Å². The van der Waals surface area contributed by atoms with Crippen LogP contribution in [0.3, 0.4) is 0 Å². The Morgan fingerprint density at radius 2 is 2.18 bits per heavy atom. The number of rotatable bonds is 0. The van der Waals surface area contributed by atoms with Gasteiger partial charge in [0.15, 0.2) is 5.78 Å². The zero-order chi connectivity index (χ0) is 12.2. The lowest BCUT2D eigenvalue weighted by Gasteiger charge is -2.33. The maximum atomic E-state index is 11.9. The number of phenols is 1. The molecule has 0 radical (unpaired) electrons. The number of hydrogen-bond donors (Lipinski definition) is 1. The van der Waals surface area contributed by atoms with Crippen LogP contribution in [-0.4, -0.2) is 10.9 Å². The molecule has 0 fully saturated rings. The van der Waals surface area contributed by atoms with E-state index in [0.29, 0.717) is 12.2 Å². The van der Waals surface area contributed by atoms with E-state index in [9.17, 15) is 9.90 Å². The van der Waals surface area contributed by atoms with Gasteiger partial charge in [-0.1, -0.05) is 13.0 Å². The molecule has 0 saturated heterocycles. The minimum atomic E-state index is -0.0279. The first kappa shape index (κ1) is 11.0. The number of hydrogen-bond acceptors (Lipinski definition) is 2. The van der Waals surface area contributed by atoms with Crippen molar-refractivity contribution in [2.75, 3.05) is 0 Å². The van der Waals surface area contributed by atoms with Crippen LogP contribution in [0.2, 0.25) is 0 Å². The second-order valence-corrected chi connectivity index (χ2v) is 5.98. The van der Waals surface area contributed by atoms with E-state index in [0.717, 1.165) is 34.0 Å². The number of benzene rings is 1. The van der Waals surface area contributed by atoms with E-state index >= 15 is 0 Å². The maximum Gasteiger partial charge on any atom is 0.171 e. The minimum Gasteiger partial charge on any atom is -0.508 e. The highest BCUT2D eigenvalue weighted by Crippen LogP contribution is 2.54. The summed E-state index contributed by atoms with van der Waals surface area (Å²) < 4.78 is 0.728. The Kier molecular flexibility index (Phi) is 2.24. The fraction of sp³-hybridized carbons (Fsp3) is 0.357. The van der Waals surface area contributed by atoms with Gasteiger partial charge in [0, 0.05) is 11.8 Å². The lowest BCUT2D eigenvalue weighted by molar-refractivity contribution is -0.115. The van der Waals surface area contributed by atoms with Crippen LogP contribution in [0.5, 0.6) is 5.75 Å². The molecule has 1 aromatic rings. The number of allylic oxidation sites excluding steroid dienone is 2. The molecule has 1 aromatic carbocycles. The van der Waals surface area contributed by atoms with Crippen molar-refractivity contribution in [2.45, 2.75) is 26.2 Å². The van der Waals surface area contributed by atoms with Crippen molar-refractivity contribution in [1.29, 1.82) is 0 Å². The molecule has 2 nitrogen and oxygen atoms in total. The van der Waals surface area contributed by atoms with Crippen LogP contribution in [0.15, 0.2) is 22.7 Å². The first-order valence-corrected chi connectivity index (χ1v) is 6.56. The maximum absolute atomic E-state index is 11.9. The molecule has 1 atom stereocenters. The van der Waals surface area contributed by atoms with Gasteiger partial charge in [0.1, 0.15) is 5.75 Å². The second-order valence-electron chi connectivity index (χ2n) is 5.19. The average Bonchev–Trinajstić information content (AvgIpc) is 2.50. The second kappa shape index (κ2) is 3.45. The van der Waals surface area contributed by atoms with Crippen molar-refractivity contribution in [1.82, 2.24) is 0 Å². The third-order valence-electron chi connectivity index (χ3n) is 3.92. The summed E-state index contributed by atoms with van der Waals surface area (Å²) >= 11 is 3.44. The Labute approximate surface area is 108 Å². The van der Waals surface area contributed by atoms with Crippen molar-refractivity contribution in [3.05, 3.63) is 33.8 Å². The lowest BCUT2D eigenvalue weighted by Crippen LogP contribution is -2.22. The van der Waals surface area contributed by atoms with Gasteiger partial charge in [-0.05, 0) is 57.6 Å². The minimum absolute atomic E-state index is 0.0279. The summed E-state index contributed by atoms with van der Waals surface area (Å²) in [5.41, 5.74) is 3.36. The van der Waals surface area contributed by atoms with Gasteiger partial charge in [-0.15, -0.1) is 0 Å². The molecular weight excluding hydrogens is 280 g/mol. The third kappa shape index (κ3) is 1.48. The number of Topliss-reactive ketones (excluding diaryl/α,β-unsaturated/α-hetero) is 1. The molecule has 2 aliphatic carbocycles. The molecule has 0 bridgehead atoms. The molecule has 3 rings (SSSR count). The molecule has 0 heterocycles. The summed E-state index contributed by atoms with van der Waals surface area (Å²) in [6.07, 6.45) is 2.50. The van der Waals surface area contributed by atoms with Crippen LogP contribution in [0.4, 0.5) is 0 Å². The summed E-state index contributed by atoms with van der Waals surface area (Å²) in [6.45, 7) is 2.16. The number of fused-ring (bicyclic) bond motifs is 3. The predicted molar refractivity (Wildman–Crippen MR) is 70.0 cm³/mol. The smallest absolute Gasteiger partial charge is 0.171 e. The highest BCUT2D eigenvalue weighted by molar-refractivity contribution is 9.12. The van der Waals surface area contributed by atoms with Gasteiger partial charge in [-0.2, -0.15) is 0 Å². The SMILES string of the molecule is CC12CCc3cc(O)ccc3C1=C(Br)C(=O)C2. The Hall–Kier alpha value is -1.09. The van der Waals surface area contributed by atoms with Gasteiger partial charge in [0.2, 0.25) is 0 Å². The summed E-state index contributed by atoms with van der Waals surface area (Å²) in [6, 6.07) is 5.43. The Morgan fingerprint density at radius 3 is 2.94 bits per heavy atom. The number of aryl methyl sites for hydroxylation is 1. The van der Waals surface area contributed by atoms with Crippen LogP contribution in [0, 0.1) is 5.41 Å². The number of ketones is 1. The Balaban J connectivity index is 2.26. The molecule has 1 N–H and O–H groups in total. The quantitative estimate of drug-likeness (QED) is 0.795. The zero-order valence-corrected chi connectivity index (χ0v) is 11.2. The molecule has 88 valence electrons. The van der Waals surface area contributed by atoms with Gasteiger partial charge >= 0.3 is 0 Å². The van der Waals surface area contributed by atoms with E-state index in [1.54, 1.807) is 6.07 Å². The molecule has 3 heteroatoms. The van der Waals surface area contributed by atoms with Crippen molar-refractivity contribution in [3.63, 3.8) is 0 Å². The van der Waals surface area contributed by atoms with Crippen LogP contribution in [-0.2, 0) is 11.2 Å². The number of carbonyl (C=O) groups excluding carboxylic acids is 1. The first-order chi connectivity index (χ1) is 8.01. The molecule has 0 spiro atoms. The highest BCUT2D eigenvalue weighted by atomic mass is 79.9. The van der Waals surface area contributed by atoms with E-state index in [1.807, 2.05) is 12.1 Å². The van der Waals surface area contributed by atoms with Crippen LogP contribution < -0.4 is 0 Å². The Morgan fingerprint density at radius 1 is 1.41 bits per heavy atom. The molecule has 17 heavy (non-hydrogen) atoms. The Bertz CT molecular complexity index is 559. The normalized spacial score (nSPS) is 27.1. The fourth-order valence-corrected chi connectivity index (χ4v) is 3.86. The van der Waals surface area contributed by atoms with Crippen LogP contribution in [0.25, 0.3) is 5.57 Å². The van der Waals surface area contributed by atoms with Crippen molar-refractivity contribution < 1.29 is 9.90 Å². The fourth-order valence-electron chi connectivity index (χ4n) is 3.02. The molecule has 0 amide bonds. The third-order valence-corrected chi connectivity index (χ3v) is 4.76. The highest BCUT2D eigenvalue weighted by Gasteiger charge is 2.44. The summed E-state index contributed by atoms with van der Waals surface area (Å²) in [4.78, 5) is 11.9. The van der Waals surface area contributed by atoms with E-state index in [2.05, 4.69) is 22.9 Å². The summed E-state index contributed by atoms with van der Waals surface area (Å²) in [5, 5.41) is 9.52. The van der Waals surface area contributed by atoms with E-state index < -0.39 is 0 Å². The standard InChI is InChI=1S/C14H13BrO2/c1-14-5-4-8-6-9(16)2-3-10(8)12(14)13(15)11(17)7-14/h2-3,6,16H,4-5,7H2,1H3. The predicted octanol–water partition coefficient (Wildman–Crippen LogP) is 3.42. The van der Waals surface area contributed by atoms with Gasteiger partial charge < -0.3 is 5.11 Å². The summed E-state index contributed by atoms with van der Waals surface area (Å²) in [5.74, 6) is 0.497. The monoisotopic (exact) mass is 292 g/mol. The molecular formula is C14H13BrO2. The zero-order valence-electron chi connectivity index (χ0n) is 9.59. The number of halogens is 1. The van der Waals surface area contributed by atoms with Gasteiger partial charge in [-0.25, -0.2) is 0 Å². The van der Waals surface area contributed by atoms with Gasteiger partial charge in [0.05, 0.1) is 4.48 Å².